The van der Waals surface area contributed by atoms with Gasteiger partial charge in [-0.15, -0.1) is 0 Å². The number of hydrogen-bond donors (Lipinski definition) is 1. The predicted octanol–water partition coefficient (Wildman–Crippen LogP) is 1.58. The molecule has 3 nitrogen and oxygen atoms in total. The van der Waals surface area contributed by atoms with Crippen molar-refractivity contribution < 1.29 is 9.18 Å². The number of nitrogens with one attached hydrogen (secondary N) is 1. The molecule has 0 aromatic heterocycles. The molecular weight excluding hydrogens is 231 g/mol. The van der Waals surface area contributed by atoms with E-state index in [4.69, 9.17) is 0 Å². The first kappa shape index (κ1) is 13.0. The fraction of sp³-hybridized carbons (Fsp3) is 0.500. The third-order valence-corrected chi connectivity index (χ3v) is 3.38. The monoisotopic (exact) mass is 250 g/mol. The van der Waals surface area contributed by atoms with Gasteiger partial charge in [0.05, 0.1) is 6.42 Å². The van der Waals surface area contributed by atoms with Crippen molar-refractivity contribution in [2.45, 2.75) is 25.3 Å². The molecule has 1 fully saturated rings. The maximum atomic E-state index is 13.1. The number of carbonyl (C=O) groups excluding carboxylic acids is 1. The zero-order valence-corrected chi connectivity index (χ0v) is 10.7. The third kappa shape index (κ3) is 3.07. The van der Waals surface area contributed by atoms with Crippen LogP contribution < -0.4 is 5.32 Å². The van der Waals surface area contributed by atoms with Crippen molar-refractivity contribution in [2.75, 3.05) is 20.1 Å². The first-order valence-corrected chi connectivity index (χ1v) is 6.39. The van der Waals surface area contributed by atoms with E-state index in [0.29, 0.717) is 0 Å². The van der Waals surface area contributed by atoms with E-state index in [-0.39, 0.29) is 24.2 Å². The molecule has 0 aliphatic carbocycles. The predicted molar refractivity (Wildman–Crippen MR) is 68.8 cm³/mol. The Morgan fingerprint density at radius 3 is 3.11 bits per heavy atom. The molecule has 1 aliphatic heterocycles. The lowest BCUT2D eigenvalue weighted by Gasteiger charge is -2.24. The Morgan fingerprint density at radius 2 is 2.39 bits per heavy atom. The average molecular weight is 250 g/mol. The van der Waals surface area contributed by atoms with Crippen molar-refractivity contribution in [3.63, 3.8) is 0 Å². The lowest BCUT2D eigenvalue weighted by Crippen LogP contribution is -2.41. The smallest absolute Gasteiger partial charge is 0.227 e. The van der Waals surface area contributed by atoms with Crippen LogP contribution in [0, 0.1) is 5.82 Å². The lowest BCUT2D eigenvalue weighted by atomic mass is 10.1. The molecule has 1 aromatic carbocycles. The topological polar surface area (TPSA) is 32.3 Å². The number of rotatable bonds is 4. The molecule has 1 saturated heterocycles. The second-order valence-electron chi connectivity index (χ2n) is 4.75. The molecule has 2 rings (SSSR count). The van der Waals surface area contributed by atoms with Gasteiger partial charge in [-0.1, -0.05) is 12.1 Å². The third-order valence-electron chi connectivity index (χ3n) is 3.38. The lowest BCUT2D eigenvalue weighted by molar-refractivity contribution is -0.131. The highest BCUT2D eigenvalue weighted by atomic mass is 19.1. The van der Waals surface area contributed by atoms with E-state index in [1.807, 2.05) is 11.9 Å². The summed E-state index contributed by atoms with van der Waals surface area (Å²) in [6.07, 6.45) is 2.40. The molecule has 1 N–H and O–H groups in total. The zero-order valence-electron chi connectivity index (χ0n) is 10.7. The van der Waals surface area contributed by atoms with Gasteiger partial charge in [0.15, 0.2) is 0 Å². The van der Waals surface area contributed by atoms with Crippen molar-refractivity contribution in [1.29, 1.82) is 0 Å². The molecule has 0 unspecified atom stereocenters. The van der Waals surface area contributed by atoms with Crippen molar-refractivity contribution in [3.8, 4) is 0 Å². The Kier molecular flexibility index (Phi) is 4.31. The summed E-state index contributed by atoms with van der Waals surface area (Å²) in [5.74, 6) is -0.188. The van der Waals surface area contributed by atoms with E-state index >= 15 is 0 Å². The molecule has 0 spiro atoms. The van der Waals surface area contributed by atoms with Gasteiger partial charge in [0.2, 0.25) is 5.91 Å². The largest absolute Gasteiger partial charge is 0.338 e. The van der Waals surface area contributed by atoms with Gasteiger partial charge in [-0.2, -0.15) is 0 Å². The quantitative estimate of drug-likeness (QED) is 0.880. The number of nitrogens with zero attached hydrogens (tertiary/aromatic N) is 1. The highest BCUT2D eigenvalue weighted by Crippen LogP contribution is 2.18. The van der Waals surface area contributed by atoms with Crippen LogP contribution in [0.3, 0.4) is 0 Å². The fourth-order valence-corrected chi connectivity index (χ4v) is 2.53. The standard InChI is InChI=1S/C14H19FN2O/c1-16-10-13-6-3-7-17(13)14(18)9-11-4-2-5-12(15)8-11/h2,4-5,8,13,16H,3,6-7,9-10H2,1H3/t13-/m0/s1. The van der Waals surface area contributed by atoms with E-state index in [1.54, 1.807) is 12.1 Å². The van der Waals surface area contributed by atoms with Gasteiger partial charge >= 0.3 is 0 Å². The highest BCUT2D eigenvalue weighted by Gasteiger charge is 2.27. The van der Waals surface area contributed by atoms with Gasteiger partial charge in [-0.3, -0.25) is 4.79 Å². The molecule has 1 aliphatic rings. The first-order chi connectivity index (χ1) is 8.70. The summed E-state index contributed by atoms with van der Waals surface area (Å²) in [6.45, 7) is 1.65. The van der Waals surface area contributed by atoms with Gasteiger partial charge in [-0.05, 0) is 37.6 Å². The van der Waals surface area contributed by atoms with Gasteiger partial charge in [0, 0.05) is 19.1 Å². The molecule has 0 radical (unpaired) electrons. The Labute approximate surface area is 107 Å². The Balaban J connectivity index is 1.99. The second-order valence-corrected chi connectivity index (χ2v) is 4.75. The summed E-state index contributed by atoms with van der Waals surface area (Å²) in [5, 5.41) is 3.11. The molecule has 1 atom stereocenters. The number of amides is 1. The van der Waals surface area contributed by atoms with Crippen LogP contribution in [0.15, 0.2) is 24.3 Å². The Hall–Kier alpha value is -1.42. The SMILES string of the molecule is CNC[C@@H]1CCCN1C(=O)Cc1cccc(F)c1. The summed E-state index contributed by atoms with van der Waals surface area (Å²) in [6, 6.07) is 6.56. The van der Waals surface area contributed by atoms with E-state index < -0.39 is 0 Å². The van der Waals surface area contributed by atoms with Crippen LogP contribution in [0.1, 0.15) is 18.4 Å². The van der Waals surface area contributed by atoms with Gasteiger partial charge in [-0.25, -0.2) is 4.39 Å². The van der Waals surface area contributed by atoms with Crippen LogP contribution in [0.5, 0.6) is 0 Å². The molecule has 1 aromatic rings. The van der Waals surface area contributed by atoms with Crippen LogP contribution in [0.4, 0.5) is 4.39 Å². The van der Waals surface area contributed by atoms with Crippen LogP contribution in [-0.2, 0) is 11.2 Å². The van der Waals surface area contributed by atoms with E-state index in [0.717, 1.165) is 31.5 Å². The number of likely N-dealkylation sites (tertiary alicyclic amines) is 1. The molecular formula is C14H19FN2O. The molecule has 18 heavy (non-hydrogen) atoms. The average Bonchev–Trinajstić information content (AvgIpc) is 2.78. The number of benzene rings is 1. The molecule has 1 heterocycles. The van der Waals surface area contributed by atoms with Gasteiger partial charge in [0.1, 0.15) is 5.82 Å². The van der Waals surface area contributed by atoms with E-state index in [9.17, 15) is 9.18 Å². The summed E-state index contributed by atoms with van der Waals surface area (Å²) in [7, 11) is 1.90. The highest BCUT2D eigenvalue weighted by molar-refractivity contribution is 5.79. The summed E-state index contributed by atoms with van der Waals surface area (Å²) >= 11 is 0. The maximum Gasteiger partial charge on any atom is 0.227 e. The number of halogens is 1. The maximum absolute atomic E-state index is 13.1. The van der Waals surface area contributed by atoms with Crippen LogP contribution in [-0.4, -0.2) is 37.0 Å². The molecule has 98 valence electrons. The van der Waals surface area contributed by atoms with E-state index in [2.05, 4.69) is 5.32 Å². The first-order valence-electron chi connectivity index (χ1n) is 6.39. The summed E-state index contributed by atoms with van der Waals surface area (Å²) in [4.78, 5) is 14.1. The molecule has 1 amide bonds. The molecule has 0 bridgehead atoms. The summed E-state index contributed by atoms with van der Waals surface area (Å²) < 4.78 is 13.1. The number of carbonyl (C=O) groups is 1. The van der Waals surface area contributed by atoms with Gasteiger partial charge in [0.25, 0.3) is 0 Å². The van der Waals surface area contributed by atoms with Crippen molar-refractivity contribution in [1.82, 2.24) is 10.2 Å². The van der Waals surface area contributed by atoms with Gasteiger partial charge < -0.3 is 10.2 Å². The van der Waals surface area contributed by atoms with Crippen LogP contribution in [0.25, 0.3) is 0 Å². The summed E-state index contributed by atoms with van der Waals surface area (Å²) in [5.41, 5.74) is 0.745. The fourth-order valence-electron chi connectivity index (χ4n) is 2.53. The minimum atomic E-state index is -0.284. The number of likely N-dealkylation sites (N-methyl/N-ethyl adjacent to an activating group) is 1. The Morgan fingerprint density at radius 1 is 1.56 bits per heavy atom. The zero-order chi connectivity index (χ0) is 13.0. The van der Waals surface area contributed by atoms with Crippen LogP contribution in [0.2, 0.25) is 0 Å². The minimum Gasteiger partial charge on any atom is -0.338 e. The molecule has 0 saturated carbocycles. The van der Waals surface area contributed by atoms with Crippen LogP contribution >= 0.6 is 0 Å². The van der Waals surface area contributed by atoms with Crippen molar-refractivity contribution >= 4 is 5.91 Å². The normalized spacial score (nSPS) is 19.2. The number of hydrogen-bond acceptors (Lipinski definition) is 2. The minimum absolute atomic E-state index is 0.0957. The van der Waals surface area contributed by atoms with Crippen molar-refractivity contribution in [3.05, 3.63) is 35.6 Å². The Bertz CT molecular complexity index is 422. The molecule has 4 heteroatoms. The van der Waals surface area contributed by atoms with Crippen molar-refractivity contribution in [2.24, 2.45) is 0 Å². The second kappa shape index (κ2) is 5.96. The van der Waals surface area contributed by atoms with E-state index in [1.165, 1.54) is 12.1 Å².